The molecule has 0 unspecified atom stereocenters. The monoisotopic (exact) mass is 418 g/mol. The van der Waals surface area contributed by atoms with Crippen LogP contribution in [0, 0.1) is 13.8 Å². The lowest BCUT2D eigenvalue weighted by molar-refractivity contribution is -0.141. The van der Waals surface area contributed by atoms with Gasteiger partial charge in [-0.15, -0.1) is 0 Å². The number of amides is 1. The predicted molar refractivity (Wildman–Crippen MR) is 103 cm³/mol. The zero-order valence-corrected chi connectivity index (χ0v) is 16.8. The summed E-state index contributed by atoms with van der Waals surface area (Å²) < 4.78 is 41.5. The first-order valence-electron chi connectivity index (χ1n) is 9.57. The molecule has 1 atom stereocenters. The highest BCUT2D eigenvalue weighted by Crippen LogP contribution is 2.31. The molecule has 0 saturated carbocycles. The molecular formula is C20H21F3N6O. The number of alkyl halides is 3. The van der Waals surface area contributed by atoms with E-state index in [0.29, 0.717) is 13.0 Å². The molecule has 3 aromatic rings. The average molecular weight is 418 g/mol. The maximum absolute atomic E-state index is 12.9. The largest absolute Gasteiger partial charge is 0.435 e. The molecule has 3 aromatic heterocycles. The number of nitrogens with one attached hydrogen (secondary N) is 1. The first kappa shape index (κ1) is 20.1. The van der Waals surface area contributed by atoms with Gasteiger partial charge in [-0.3, -0.25) is 19.1 Å². The molecule has 1 aliphatic heterocycles. The van der Waals surface area contributed by atoms with Gasteiger partial charge >= 0.3 is 6.18 Å². The third-order valence-electron chi connectivity index (χ3n) is 5.12. The molecule has 4 rings (SSSR count). The SMILES string of the molecule is Cc1cc(-c2cc3n(n2)CCC[C@@H]3NC(=O)c2cc(C(F)(F)F)nn2C)cc(C)n1. The zero-order valence-electron chi connectivity index (χ0n) is 16.8. The van der Waals surface area contributed by atoms with Crippen LogP contribution in [-0.4, -0.2) is 30.5 Å². The fraction of sp³-hybridized carbons (Fsp3) is 0.400. The number of rotatable bonds is 3. The third-order valence-corrected chi connectivity index (χ3v) is 5.12. The molecular weight excluding hydrogens is 397 g/mol. The van der Waals surface area contributed by atoms with Crippen LogP contribution in [0.3, 0.4) is 0 Å². The summed E-state index contributed by atoms with van der Waals surface area (Å²) in [5.41, 5.74) is 3.09. The summed E-state index contributed by atoms with van der Waals surface area (Å²) in [5.74, 6) is -0.600. The number of hydrogen-bond acceptors (Lipinski definition) is 4. The Kier molecular flexibility index (Phi) is 4.87. The normalized spacial score (nSPS) is 16.4. The van der Waals surface area contributed by atoms with Gasteiger partial charge in [-0.05, 0) is 44.9 Å². The highest BCUT2D eigenvalue weighted by Gasteiger charge is 2.36. The maximum atomic E-state index is 12.9. The molecule has 30 heavy (non-hydrogen) atoms. The van der Waals surface area contributed by atoms with E-state index in [2.05, 4.69) is 20.5 Å². The van der Waals surface area contributed by atoms with Gasteiger partial charge in [0.2, 0.25) is 0 Å². The zero-order chi connectivity index (χ0) is 21.6. The van der Waals surface area contributed by atoms with Gasteiger partial charge in [-0.1, -0.05) is 0 Å². The van der Waals surface area contributed by atoms with Gasteiger partial charge in [0.25, 0.3) is 5.91 Å². The highest BCUT2D eigenvalue weighted by molar-refractivity contribution is 5.93. The predicted octanol–water partition coefficient (Wildman–Crippen LogP) is 3.58. The lowest BCUT2D eigenvalue weighted by Gasteiger charge is -2.24. The number of hydrogen-bond donors (Lipinski definition) is 1. The highest BCUT2D eigenvalue weighted by atomic mass is 19.4. The van der Waals surface area contributed by atoms with Crippen molar-refractivity contribution in [1.82, 2.24) is 29.9 Å². The van der Waals surface area contributed by atoms with Crippen LogP contribution in [0.4, 0.5) is 13.2 Å². The molecule has 0 aromatic carbocycles. The van der Waals surface area contributed by atoms with Gasteiger partial charge < -0.3 is 5.32 Å². The Morgan fingerprint density at radius 2 is 1.83 bits per heavy atom. The summed E-state index contributed by atoms with van der Waals surface area (Å²) in [4.78, 5) is 17.0. The summed E-state index contributed by atoms with van der Waals surface area (Å²) in [7, 11) is 1.32. The number of aromatic nitrogens is 5. The molecule has 10 heteroatoms. The third kappa shape index (κ3) is 3.81. The topological polar surface area (TPSA) is 77.6 Å². The summed E-state index contributed by atoms with van der Waals surface area (Å²) >= 11 is 0. The van der Waals surface area contributed by atoms with E-state index >= 15 is 0 Å². The molecule has 0 spiro atoms. The van der Waals surface area contributed by atoms with Crippen LogP contribution in [0.1, 0.15) is 52.1 Å². The smallest absolute Gasteiger partial charge is 0.342 e. The molecule has 0 aliphatic carbocycles. The Morgan fingerprint density at radius 3 is 2.47 bits per heavy atom. The van der Waals surface area contributed by atoms with Crippen LogP contribution in [0.15, 0.2) is 24.3 Å². The van der Waals surface area contributed by atoms with Crippen molar-refractivity contribution in [3.63, 3.8) is 0 Å². The first-order valence-corrected chi connectivity index (χ1v) is 9.57. The average Bonchev–Trinajstić information content (AvgIpc) is 3.25. The molecule has 0 fully saturated rings. The molecule has 4 heterocycles. The second-order valence-corrected chi connectivity index (χ2v) is 7.52. The van der Waals surface area contributed by atoms with Crippen LogP contribution in [0.25, 0.3) is 11.3 Å². The van der Waals surface area contributed by atoms with Crippen molar-refractivity contribution >= 4 is 5.91 Å². The number of carbonyl (C=O) groups is 1. The van der Waals surface area contributed by atoms with Crippen molar-refractivity contribution in [1.29, 1.82) is 0 Å². The van der Waals surface area contributed by atoms with Crippen molar-refractivity contribution in [2.24, 2.45) is 7.05 Å². The molecule has 158 valence electrons. The van der Waals surface area contributed by atoms with Crippen LogP contribution in [-0.2, 0) is 19.8 Å². The van der Waals surface area contributed by atoms with E-state index in [1.54, 1.807) is 0 Å². The molecule has 1 N–H and O–H groups in total. The fourth-order valence-electron chi connectivity index (χ4n) is 3.80. The Bertz CT molecular complexity index is 1090. The van der Waals surface area contributed by atoms with Crippen LogP contribution >= 0.6 is 0 Å². The Balaban J connectivity index is 1.60. The second-order valence-electron chi connectivity index (χ2n) is 7.52. The lowest BCUT2D eigenvalue weighted by Crippen LogP contribution is -2.33. The number of halogens is 3. The minimum atomic E-state index is -4.60. The van der Waals surface area contributed by atoms with E-state index in [-0.39, 0.29) is 11.7 Å². The van der Waals surface area contributed by atoms with Crippen molar-refractivity contribution in [2.45, 2.75) is 45.5 Å². The molecule has 1 amide bonds. The molecule has 1 aliphatic rings. The van der Waals surface area contributed by atoms with Gasteiger partial charge in [0.1, 0.15) is 5.69 Å². The minimum Gasteiger partial charge on any atom is -0.342 e. The maximum Gasteiger partial charge on any atom is 0.435 e. The van der Waals surface area contributed by atoms with Crippen molar-refractivity contribution in [3.05, 3.63) is 52.7 Å². The Hall–Kier alpha value is -3.17. The van der Waals surface area contributed by atoms with Gasteiger partial charge in [-0.25, -0.2) is 0 Å². The van der Waals surface area contributed by atoms with E-state index in [4.69, 9.17) is 0 Å². The van der Waals surface area contributed by atoms with Gasteiger partial charge in [0.15, 0.2) is 5.69 Å². The van der Waals surface area contributed by atoms with Gasteiger partial charge in [0.05, 0.1) is 17.4 Å². The number of carbonyl (C=O) groups excluding carboxylic acids is 1. The molecule has 0 radical (unpaired) electrons. The number of aryl methyl sites for hydroxylation is 4. The standard InChI is InChI=1S/C20H21F3N6O/c1-11-7-13(8-12(2)24-11)15-9-16-14(5-4-6-29(16)26-15)25-19(30)17-10-18(20(21,22)23)27-28(17)3/h7-10,14H,4-6H2,1-3H3,(H,25,30)/t14-/m0/s1. The molecule has 0 bridgehead atoms. The van der Waals surface area contributed by atoms with E-state index in [1.165, 1.54) is 7.05 Å². The van der Waals surface area contributed by atoms with Crippen LogP contribution < -0.4 is 5.32 Å². The fourth-order valence-corrected chi connectivity index (χ4v) is 3.80. The van der Waals surface area contributed by atoms with Gasteiger partial charge in [0, 0.05) is 36.6 Å². The quantitative estimate of drug-likeness (QED) is 0.705. The Morgan fingerprint density at radius 1 is 1.13 bits per heavy atom. The van der Waals surface area contributed by atoms with Crippen molar-refractivity contribution < 1.29 is 18.0 Å². The molecule has 7 nitrogen and oxygen atoms in total. The van der Waals surface area contributed by atoms with Crippen LogP contribution in [0.2, 0.25) is 0 Å². The molecule has 0 saturated heterocycles. The lowest BCUT2D eigenvalue weighted by atomic mass is 10.0. The van der Waals surface area contributed by atoms with Crippen molar-refractivity contribution in [2.75, 3.05) is 0 Å². The summed E-state index contributed by atoms with van der Waals surface area (Å²) in [6.07, 6.45) is -3.13. The van der Waals surface area contributed by atoms with E-state index in [0.717, 1.165) is 45.5 Å². The van der Waals surface area contributed by atoms with E-state index in [1.807, 2.05) is 36.7 Å². The number of fused-ring (bicyclic) bond motifs is 1. The summed E-state index contributed by atoms with van der Waals surface area (Å²) in [6.45, 7) is 4.55. The number of nitrogens with zero attached hydrogens (tertiary/aromatic N) is 5. The first-order chi connectivity index (χ1) is 14.1. The van der Waals surface area contributed by atoms with E-state index in [9.17, 15) is 18.0 Å². The number of pyridine rings is 1. The Labute approximate surface area is 170 Å². The minimum absolute atomic E-state index is 0.139. The van der Waals surface area contributed by atoms with E-state index < -0.39 is 17.8 Å². The van der Waals surface area contributed by atoms with Crippen molar-refractivity contribution in [3.8, 4) is 11.3 Å². The second kappa shape index (κ2) is 7.26. The summed E-state index contributed by atoms with van der Waals surface area (Å²) in [5, 5.41) is 10.9. The van der Waals surface area contributed by atoms with Crippen LogP contribution in [0.5, 0.6) is 0 Å². The summed E-state index contributed by atoms with van der Waals surface area (Å²) in [6, 6.07) is 6.24. The van der Waals surface area contributed by atoms with Gasteiger partial charge in [-0.2, -0.15) is 23.4 Å².